The molecule has 0 spiro atoms. The van der Waals surface area contributed by atoms with Crippen molar-refractivity contribution >= 4 is 27.5 Å². The average molecular weight is 338 g/mol. The lowest BCUT2D eigenvalue weighted by atomic mass is 9.87. The molecular weight excluding hydrogens is 322 g/mol. The topological polar surface area (TPSA) is 62.5 Å². The molecule has 1 heterocycles. The summed E-state index contributed by atoms with van der Waals surface area (Å²) in [6.45, 7) is 6.19. The highest BCUT2D eigenvalue weighted by atomic mass is 79.9. The second-order valence-corrected chi connectivity index (χ2v) is 6.32. The van der Waals surface area contributed by atoms with Crippen molar-refractivity contribution in [2.75, 3.05) is 5.32 Å². The van der Waals surface area contributed by atoms with Crippen LogP contribution in [0.3, 0.4) is 0 Å². The van der Waals surface area contributed by atoms with E-state index in [0.717, 1.165) is 5.56 Å². The molecule has 1 amide bonds. The van der Waals surface area contributed by atoms with Crippen molar-refractivity contribution in [1.29, 1.82) is 0 Å². The molecule has 2 N–H and O–H groups in total. The van der Waals surface area contributed by atoms with E-state index in [9.17, 15) is 9.90 Å². The molecule has 1 aromatic heterocycles. The number of carbonyl (C=O) groups excluding carboxylic acids is 1. The summed E-state index contributed by atoms with van der Waals surface area (Å²) in [6.07, 6.45) is 0. The molecule has 2 rings (SSSR count). The molecule has 0 radical (unpaired) electrons. The highest BCUT2D eigenvalue weighted by Gasteiger charge is 2.17. The van der Waals surface area contributed by atoms with Crippen LogP contribution >= 0.6 is 15.9 Å². The van der Waals surface area contributed by atoms with Gasteiger partial charge in [0.1, 0.15) is 5.75 Å². The monoisotopic (exact) mass is 337 g/mol. The second kappa shape index (κ2) is 5.32. The van der Waals surface area contributed by atoms with Gasteiger partial charge in [-0.25, -0.2) is 0 Å². The van der Waals surface area contributed by atoms with Crippen molar-refractivity contribution in [2.24, 2.45) is 0 Å². The van der Waals surface area contributed by atoms with Crippen molar-refractivity contribution < 1.29 is 14.3 Å². The molecule has 0 saturated heterocycles. The minimum Gasteiger partial charge on any atom is -0.506 e. The molecule has 0 aliphatic heterocycles. The van der Waals surface area contributed by atoms with E-state index in [1.807, 2.05) is 6.07 Å². The molecule has 2 aromatic rings. The number of amides is 1. The predicted octanol–water partition coefficient (Wildman–Crippen LogP) is 4.30. The van der Waals surface area contributed by atoms with Gasteiger partial charge in [-0.3, -0.25) is 4.79 Å². The van der Waals surface area contributed by atoms with Gasteiger partial charge in [0.2, 0.25) is 0 Å². The van der Waals surface area contributed by atoms with Gasteiger partial charge in [-0.1, -0.05) is 26.8 Å². The highest BCUT2D eigenvalue weighted by molar-refractivity contribution is 9.10. The van der Waals surface area contributed by atoms with E-state index in [1.165, 1.54) is 0 Å². The summed E-state index contributed by atoms with van der Waals surface area (Å²) in [5, 5.41) is 12.5. The number of carbonyl (C=O) groups is 1. The number of phenols is 1. The standard InChI is InChI=1S/C15H16BrNO3/c1-15(2,3)9-4-5-11(18)10(8-9)17-14(19)12-6-7-13(16)20-12/h4-8,18H,1-3H3,(H,17,19). The minimum atomic E-state index is -0.406. The highest BCUT2D eigenvalue weighted by Crippen LogP contribution is 2.31. The SMILES string of the molecule is CC(C)(C)c1ccc(O)c(NC(=O)c2ccc(Br)o2)c1. The normalized spacial score (nSPS) is 11.4. The van der Waals surface area contributed by atoms with Gasteiger partial charge in [-0.15, -0.1) is 0 Å². The Balaban J connectivity index is 2.27. The molecule has 0 saturated carbocycles. The molecular formula is C15H16BrNO3. The van der Waals surface area contributed by atoms with E-state index >= 15 is 0 Å². The lowest BCUT2D eigenvalue weighted by Gasteiger charge is -2.20. The molecule has 0 bridgehead atoms. The maximum atomic E-state index is 12.0. The molecule has 0 aliphatic rings. The largest absolute Gasteiger partial charge is 0.506 e. The number of hydrogen-bond acceptors (Lipinski definition) is 3. The number of benzene rings is 1. The zero-order valence-electron chi connectivity index (χ0n) is 11.5. The number of anilines is 1. The Hall–Kier alpha value is -1.75. The number of hydrogen-bond donors (Lipinski definition) is 2. The number of phenolic OH excluding ortho intramolecular Hbond substituents is 1. The van der Waals surface area contributed by atoms with E-state index in [-0.39, 0.29) is 16.9 Å². The van der Waals surface area contributed by atoms with Crippen molar-refractivity contribution in [1.82, 2.24) is 0 Å². The van der Waals surface area contributed by atoms with Crippen LogP contribution in [0.2, 0.25) is 0 Å². The smallest absolute Gasteiger partial charge is 0.291 e. The molecule has 0 unspecified atom stereocenters. The van der Waals surface area contributed by atoms with Gasteiger partial charge in [0.15, 0.2) is 10.4 Å². The molecule has 5 heteroatoms. The van der Waals surface area contributed by atoms with E-state index < -0.39 is 5.91 Å². The number of nitrogens with one attached hydrogen (secondary N) is 1. The summed E-state index contributed by atoms with van der Waals surface area (Å²) < 4.78 is 5.66. The minimum absolute atomic E-state index is 0.0250. The Morgan fingerprint density at radius 1 is 1.25 bits per heavy atom. The molecule has 0 atom stereocenters. The summed E-state index contributed by atoms with van der Waals surface area (Å²) in [5.41, 5.74) is 1.32. The van der Waals surface area contributed by atoms with Gasteiger partial charge < -0.3 is 14.8 Å². The first-order valence-corrected chi connectivity index (χ1v) is 6.97. The van der Waals surface area contributed by atoms with E-state index in [2.05, 4.69) is 42.0 Å². The van der Waals surface area contributed by atoms with Crippen LogP contribution in [0.4, 0.5) is 5.69 Å². The number of furan rings is 1. The molecule has 0 fully saturated rings. The fraction of sp³-hybridized carbons (Fsp3) is 0.267. The number of aromatic hydroxyl groups is 1. The van der Waals surface area contributed by atoms with Crippen molar-refractivity contribution in [3.63, 3.8) is 0 Å². The molecule has 0 aliphatic carbocycles. The first-order valence-electron chi connectivity index (χ1n) is 6.17. The maximum Gasteiger partial charge on any atom is 0.291 e. The molecule has 4 nitrogen and oxygen atoms in total. The maximum absolute atomic E-state index is 12.0. The summed E-state index contributed by atoms with van der Waals surface area (Å²) in [5.74, 6) is -0.202. The quantitative estimate of drug-likeness (QED) is 0.803. The first kappa shape index (κ1) is 14.7. The first-order chi connectivity index (χ1) is 9.27. The summed E-state index contributed by atoms with van der Waals surface area (Å²) >= 11 is 3.14. The second-order valence-electron chi connectivity index (χ2n) is 5.54. The molecule has 1 aromatic carbocycles. The van der Waals surface area contributed by atoms with Gasteiger partial charge in [0.25, 0.3) is 5.91 Å². The van der Waals surface area contributed by atoms with Crippen LogP contribution in [0.25, 0.3) is 0 Å². The van der Waals surface area contributed by atoms with Crippen LogP contribution in [0.1, 0.15) is 36.9 Å². The van der Waals surface area contributed by atoms with Crippen LogP contribution in [-0.2, 0) is 5.41 Å². The van der Waals surface area contributed by atoms with Gasteiger partial charge >= 0.3 is 0 Å². The van der Waals surface area contributed by atoms with Crippen LogP contribution in [0, 0.1) is 0 Å². The van der Waals surface area contributed by atoms with Gasteiger partial charge in [0.05, 0.1) is 5.69 Å². The Kier molecular flexibility index (Phi) is 3.90. The average Bonchev–Trinajstić information content (AvgIpc) is 2.77. The third-order valence-electron chi connectivity index (χ3n) is 2.91. The fourth-order valence-electron chi connectivity index (χ4n) is 1.72. The third kappa shape index (κ3) is 3.22. The Morgan fingerprint density at radius 3 is 2.50 bits per heavy atom. The van der Waals surface area contributed by atoms with Crippen LogP contribution < -0.4 is 5.32 Å². The zero-order chi connectivity index (χ0) is 14.9. The van der Waals surface area contributed by atoms with Crippen molar-refractivity contribution in [2.45, 2.75) is 26.2 Å². The van der Waals surface area contributed by atoms with Crippen molar-refractivity contribution in [3.8, 4) is 5.75 Å². The zero-order valence-corrected chi connectivity index (χ0v) is 13.1. The Morgan fingerprint density at radius 2 is 1.95 bits per heavy atom. The molecule has 106 valence electrons. The number of rotatable bonds is 2. The summed E-state index contributed by atoms with van der Waals surface area (Å²) in [6, 6.07) is 8.39. The van der Waals surface area contributed by atoms with Crippen molar-refractivity contribution in [3.05, 3.63) is 46.3 Å². The van der Waals surface area contributed by atoms with E-state index in [0.29, 0.717) is 10.4 Å². The van der Waals surface area contributed by atoms with Crippen LogP contribution in [0.15, 0.2) is 39.4 Å². The van der Waals surface area contributed by atoms with E-state index in [1.54, 1.807) is 24.3 Å². The van der Waals surface area contributed by atoms with E-state index in [4.69, 9.17) is 4.42 Å². The van der Waals surface area contributed by atoms with Gasteiger partial charge in [0, 0.05) is 0 Å². The lowest BCUT2D eigenvalue weighted by molar-refractivity contribution is 0.0995. The Labute approximate surface area is 125 Å². The van der Waals surface area contributed by atoms with Gasteiger partial charge in [-0.2, -0.15) is 0 Å². The van der Waals surface area contributed by atoms with Crippen LogP contribution in [-0.4, -0.2) is 11.0 Å². The van der Waals surface area contributed by atoms with Crippen LogP contribution in [0.5, 0.6) is 5.75 Å². The Bertz CT molecular complexity index is 641. The lowest BCUT2D eigenvalue weighted by Crippen LogP contribution is -2.14. The summed E-state index contributed by atoms with van der Waals surface area (Å²) in [7, 11) is 0. The summed E-state index contributed by atoms with van der Waals surface area (Å²) in [4.78, 5) is 12.0. The predicted molar refractivity (Wildman–Crippen MR) is 81.2 cm³/mol. The van der Waals surface area contributed by atoms with Gasteiger partial charge in [-0.05, 0) is 51.2 Å². The third-order valence-corrected chi connectivity index (χ3v) is 3.33. The fourth-order valence-corrected chi connectivity index (χ4v) is 2.03. The molecule has 20 heavy (non-hydrogen) atoms. The number of halogens is 1.